The Bertz CT molecular complexity index is 624. The number of nitrogens with zero attached hydrogens (tertiary/aromatic N) is 2. The number of hydrogen-bond donors (Lipinski definition) is 1. The highest BCUT2D eigenvalue weighted by molar-refractivity contribution is 5.99. The Morgan fingerprint density at radius 3 is 2.67 bits per heavy atom. The molecule has 0 bridgehead atoms. The first-order chi connectivity index (χ1) is 9.85. The average molecular weight is 290 g/mol. The highest BCUT2D eigenvalue weighted by atomic mass is 16.6. The van der Waals surface area contributed by atoms with Gasteiger partial charge in [0, 0.05) is 12.6 Å². The minimum atomic E-state index is -0.543. The van der Waals surface area contributed by atoms with Crippen molar-refractivity contribution < 1.29 is 14.8 Å². The summed E-state index contributed by atoms with van der Waals surface area (Å²) in [4.78, 5) is 24.7. The zero-order chi connectivity index (χ0) is 15.7. The second-order valence-corrected chi connectivity index (χ2v) is 5.43. The van der Waals surface area contributed by atoms with Crippen molar-refractivity contribution in [1.82, 2.24) is 4.90 Å². The minimum Gasteiger partial charge on any atom is -0.394 e. The Hall–Kier alpha value is -2.21. The first kappa shape index (κ1) is 15.2. The van der Waals surface area contributed by atoms with E-state index in [9.17, 15) is 20.0 Å². The number of hydrogen-bond acceptors (Lipinski definition) is 4. The van der Waals surface area contributed by atoms with Crippen LogP contribution < -0.4 is 0 Å². The second kappa shape index (κ2) is 5.65. The molecule has 1 aromatic carbocycles. The van der Waals surface area contributed by atoms with Crippen LogP contribution in [0.3, 0.4) is 0 Å². The number of aliphatic hydroxyl groups is 1. The predicted octanol–water partition coefficient (Wildman–Crippen LogP) is 1.97. The van der Waals surface area contributed by atoms with Gasteiger partial charge in [0.15, 0.2) is 0 Å². The number of benzene rings is 1. The van der Waals surface area contributed by atoms with Crippen molar-refractivity contribution in [2.24, 2.45) is 0 Å². The third-order valence-electron chi connectivity index (χ3n) is 3.87. The summed E-state index contributed by atoms with van der Waals surface area (Å²) in [5.41, 5.74) is 2.30. The van der Waals surface area contributed by atoms with Crippen LogP contribution in [0.1, 0.15) is 27.9 Å². The average Bonchev–Trinajstić information content (AvgIpc) is 2.81. The fourth-order valence-electron chi connectivity index (χ4n) is 2.56. The van der Waals surface area contributed by atoms with Gasteiger partial charge in [0.1, 0.15) is 5.56 Å². The van der Waals surface area contributed by atoms with Gasteiger partial charge in [0.25, 0.3) is 11.6 Å². The summed E-state index contributed by atoms with van der Waals surface area (Å²) in [5.74, 6) is -0.428. The molecule has 1 amide bonds. The number of nitro groups is 1. The summed E-state index contributed by atoms with van der Waals surface area (Å²) in [7, 11) is 0. The van der Waals surface area contributed by atoms with Crippen molar-refractivity contribution in [3.8, 4) is 0 Å². The predicted molar refractivity (Wildman–Crippen MR) is 78.2 cm³/mol. The molecule has 0 saturated carbocycles. The van der Waals surface area contributed by atoms with Gasteiger partial charge in [-0.05, 0) is 37.5 Å². The lowest BCUT2D eigenvalue weighted by atomic mass is 10.0. The van der Waals surface area contributed by atoms with Crippen molar-refractivity contribution in [3.63, 3.8) is 0 Å². The van der Waals surface area contributed by atoms with Crippen molar-refractivity contribution in [3.05, 3.63) is 51.1 Å². The maximum atomic E-state index is 12.6. The first-order valence-electron chi connectivity index (χ1n) is 6.69. The maximum absolute atomic E-state index is 12.6. The maximum Gasteiger partial charge on any atom is 0.282 e. The summed E-state index contributed by atoms with van der Waals surface area (Å²) in [6.07, 6.45) is 0.529. The summed E-state index contributed by atoms with van der Waals surface area (Å²) in [6.45, 7) is 7.56. The van der Waals surface area contributed by atoms with E-state index in [1.54, 1.807) is 13.0 Å². The monoisotopic (exact) mass is 290 g/mol. The van der Waals surface area contributed by atoms with Crippen LogP contribution in [-0.4, -0.2) is 40.0 Å². The van der Waals surface area contributed by atoms with Crippen LogP contribution in [0.5, 0.6) is 0 Å². The van der Waals surface area contributed by atoms with Crippen molar-refractivity contribution >= 4 is 11.6 Å². The quantitative estimate of drug-likeness (QED) is 0.524. The van der Waals surface area contributed by atoms with E-state index in [0.717, 1.165) is 16.7 Å². The van der Waals surface area contributed by atoms with Gasteiger partial charge in [-0.15, -0.1) is 0 Å². The van der Waals surface area contributed by atoms with Crippen molar-refractivity contribution in [1.29, 1.82) is 0 Å². The normalized spacial score (nSPS) is 18.1. The lowest BCUT2D eigenvalue weighted by Gasteiger charge is -2.22. The van der Waals surface area contributed by atoms with Crippen LogP contribution >= 0.6 is 0 Å². The minimum absolute atomic E-state index is 0.0660. The number of carbonyl (C=O) groups is 1. The third-order valence-corrected chi connectivity index (χ3v) is 3.87. The van der Waals surface area contributed by atoms with E-state index in [4.69, 9.17) is 0 Å². The molecule has 0 aliphatic carbocycles. The van der Waals surface area contributed by atoms with Crippen LogP contribution in [0.15, 0.2) is 24.3 Å². The molecule has 2 rings (SSSR count). The first-order valence-corrected chi connectivity index (χ1v) is 6.69. The molecule has 1 N–H and O–H groups in total. The van der Waals surface area contributed by atoms with Gasteiger partial charge in [0.05, 0.1) is 17.6 Å². The molecule has 112 valence electrons. The Kier molecular flexibility index (Phi) is 4.09. The molecule has 1 heterocycles. The molecule has 6 heteroatoms. The van der Waals surface area contributed by atoms with E-state index in [2.05, 4.69) is 6.58 Å². The zero-order valence-electron chi connectivity index (χ0n) is 12.1. The summed E-state index contributed by atoms with van der Waals surface area (Å²) in [5, 5.41) is 20.5. The van der Waals surface area contributed by atoms with Gasteiger partial charge in [-0.25, -0.2) is 0 Å². The van der Waals surface area contributed by atoms with Crippen LogP contribution in [0.25, 0.3) is 0 Å². The molecule has 21 heavy (non-hydrogen) atoms. The summed E-state index contributed by atoms with van der Waals surface area (Å²) < 4.78 is 0. The molecule has 0 radical (unpaired) electrons. The van der Waals surface area contributed by atoms with Crippen LogP contribution in [0, 0.1) is 24.0 Å². The lowest BCUT2D eigenvalue weighted by Crippen LogP contribution is -2.38. The van der Waals surface area contributed by atoms with Crippen LogP contribution in [0.2, 0.25) is 0 Å². The Morgan fingerprint density at radius 1 is 1.48 bits per heavy atom. The Balaban J connectivity index is 2.45. The molecule has 1 aromatic rings. The summed E-state index contributed by atoms with van der Waals surface area (Å²) >= 11 is 0. The van der Waals surface area contributed by atoms with Gasteiger partial charge in [-0.1, -0.05) is 12.2 Å². The Labute approximate surface area is 122 Å². The second-order valence-electron chi connectivity index (χ2n) is 5.43. The van der Waals surface area contributed by atoms with E-state index in [1.165, 1.54) is 11.0 Å². The van der Waals surface area contributed by atoms with Gasteiger partial charge in [-0.2, -0.15) is 0 Å². The highest BCUT2D eigenvalue weighted by Gasteiger charge is 2.34. The molecule has 0 aromatic heterocycles. The fraction of sp³-hybridized carbons (Fsp3) is 0.400. The van der Waals surface area contributed by atoms with E-state index in [0.29, 0.717) is 13.0 Å². The summed E-state index contributed by atoms with van der Waals surface area (Å²) in [6, 6.07) is 2.61. The number of aryl methyl sites for hydroxylation is 2. The smallest absolute Gasteiger partial charge is 0.282 e. The molecule has 1 fully saturated rings. The molecule has 0 unspecified atom stereocenters. The Morgan fingerprint density at radius 2 is 2.10 bits per heavy atom. The van der Waals surface area contributed by atoms with Crippen LogP contribution in [-0.2, 0) is 0 Å². The molecule has 1 aliphatic heterocycles. The van der Waals surface area contributed by atoms with Gasteiger partial charge in [0.2, 0.25) is 0 Å². The van der Waals surface area contributed by atoms with Gasteiger partial charge < -0.3 is 10.0 Å². The van der Waals surface area contributed by atoms with Gasteiger partial charge in [-0.3, -0.25) is 14.9 Å². The molecular formula is C15H18N2O4. The molecular weight excluding hydrogens is 272 g/mol. The SMILES string of the molecule is C=C1C[C@@H](CO)N(C(=O)c2cc(C)c(C)cc2[N+](=O)[O-])C1. The zero-order valence-corrected chi connectivity index (χ0v) is 12.1. The number of likely N-dealkylation sites (tertiary alicyclic amines) is 1. The number of carbonyl (C=O) groups excluding carboxylic acids is 1. The number of aliphatic hydroxyl groups excluding tert-OH is 1. The largest absolute Gasteiger partial charge is 0.394 e. The van der Waals surface area contributed by atoms with Crippen LogP contribution in [0.4, 0.5) is 5.69 Å². The molecule has 0 spiro atoms. The standard InChI is InChI=1S/C15H18N2O4/c1-9-4-12(8-18)16(7-9)15(19)13-5-10(2)11(3)6-14(13)17(20)21/h5-6,12,18H,1,4,7-8H2,2-3H3/t12-/m0/s1. The number of amides is 1. The third kappa shape index (κ3) is 2.80. The topological polar surface area (TPSA) is 83.7 Å². The van der Waals surface area contributed by atoms with Crippen molar-refractivity contribution in [2.45, 2.75) is 26.3 Å². The number of nitro benzene ring substituents is 1. The molecule has 6 nitrogen and oxygen atoms in total. The molecule has 1 saturated heterocycles. The van der Waals surface area contributed by atoms with E-state index < -0.39 is 10.8 Å². The van der Waals surface area contributed by atoms with E-state index >= 15 is 0 Å². The molecule has 1 aliphatic rings. The van der Waals surface area contributed by atoms with Crippen molar-refractivity contribution in [2.75, 3.05) is 13.2 Å². The van der Waals surface area contributed by atoms with E-state index in [-0.39, 0.29) is 23.9 Å². The highest BCUT2D eigenvalue weighted by Crippen LogP contribution is 2.28. The lowest BCUT2D eigenvalue weighted by molar-refractivity contribution is -0.385. The number of rotatable bonds is 3. The van der Waals surface area contributed by atoms with Gasteiger partial charge >= 0.3 is 0 Å². The fourth-order valence-corrected chi connectivity index (χ4v) is 2.56. The van der Waals surface area contributed by atoms with E-state index in [1.807, 2.05) is 6.92 Å². The molecule has 1 atom stereocenters.